The Morgan fingerprint density at radius 2 is 2.14 bits per heavy atom. The first kappa shape index (κ1) is 15.8. The fourth-order valence-corrected chi connectivity index (χ4v) is 2.23. The molecule has 0 spiro atoms. The van der Waals surface area contributed by atoms with Crippen molar-refractivity contribution >= 4 is 17.8 Å². The van der Waals surface area contributed by atoms with Crippen molar-refractivity contribution < 1.29 is 19.1 Å². The largest absolute Gasteiger partial charge is 0.496 e. The van der Waals surface area contributed by atoms with Gasteiger partial charge in [-0.1, -0.05) is 18.2 Å². The number of methoxy groups -OCH3 is 1. The number of benzene rings is 1. The molecule has 0 atom stereocenters. The van der Waals surface area contributed by atoms with Crippen LogP contribution in [0, 0.1) is 0 Å². The zero-order valence-electron chi connectivity index (χ0n) is 12.4. The second-order valence-electron chi connectivity index (χ2n) is 4.87. The highest BCUT2D eigenvalue weighted by Gasteiger charge is 2.27. The second kappa shape index (κ2) is 7.44. The maximum atomic E-state index is 11.8. The number of para-hydroxylation sites is 1. The van der Waals surface area contributed by atoms with Crippen LogP contribution in [0.5, 0.6) is 5.75 Å². The summed E-state index contributed by atoms with van der Waals surface area (Å²) in [4.78, 5) is 35.9. The molecule has 0 aliphatic carbocycles. The number of ether oxygens (including phenoxy) is 1. The van der Waals surface area contributed by atoms with Gasteiger partial charge in [0.15, 0.2) is 0 Å². The fourth-order valence-electron chi connectivity index (χ4n) is 2.23. The number of carbonyl (C=O) groups excluding carboxylic acids is 3. The molecule has 1 aliphatic rings. The summed E-state index contributed by atoms with van der Waals surface area (Å²) in [6.45, 7) is 0.475. The van der Waals surface area contributed by atoms with Crippen molar-refractivity contribution in [2.45, 2.75) is 12.8 Å². The number of rotatable bonds is 6. The molecule has 0 bridgehead atoms. The third kappa shape index (κ3) is 3.97. The van der Waals surface area contributed by atoms with Gasteiger partial charge in [-0.2, -0.15) is 0 Å². The van der Waals surface area contributed by atoms with E-state index < -0.39 is 6.03 Å². The maximum Gasteiger partial charge on any atom is 0.324 e. The van der Waals surface area contributed by atoms with Gasteiger partial charge in [-0.05, 0) is 18.1 Å². The van der Waals surface area contributed by atoms with Crippen molar-refractivity contribution in [3.8, 4) is 5.75 Å². The predicted octanol–water partition coefficient (Wildman–Crippen LogP) is 0.296. The summed E-state index contributed by atoms with van der Waals surface area (Å²) >= 11 is 0. The molecular weight excluding hydrogens is 286 g/mol. The first-order valence-corrected chi connectivity index (χ1v) is 7.08. The lowest BCUT2D eigenvalue weighted by Gasteiger charge is -2.24. The zero-order chi connectivity index (χ0) is 15.9. The molecular formula is C15H19N3O4. The molecule has 1 aliphatic heterocycles. The van der Waals surface area contributed by atoms with Crippen molar-refractivity contribution in [3.05, 3.63) is 29.8 Å². The van der Waals surface area contributed by atoms with Gasteiger partial charge < -0.3 is 15.4 Å². The van der Waals surface area contributed by atoms with Gasteiger partial charge in [0.2, 0.25) is 11.8 Å². The van der Waals surface area contributed by atoms with Crippen molar-refractivity contribution in [1.29, 1.82) is 0 Å². The Morgan fingerprint density at radius 3 is 2.86 bits per heavy atom. The summed E-state index contributed by atoms with van der Waals surface area (Å²) in [6.07, 6.45) is 0.829. The van der Waals surface area contributed by atoms with Crippen LogP contribution < -0.4 is 15.4 Å². The van der Waals surface area contributed by atoms with E-state index in [0.717, 1.165) is 16.2 Å². The molecule has 118 valence electrons. The van der Waals surface area contributed by atoms with Crippen LogP contribution in [0.25, 0.3) is 0 Å². The number of nitrogens with zero attached hydrogens (tertiary/aromatic N) is 1. The van der Waals surface area contributed by atoms with Gasteiger partial charge in [0, 0.05) is 19.5 Å². The lowest BCUT2D eigenvalue weighted by molar-refractivity contribution is -0.134. The van der Waals surface area contributed by atoms with Crippen LogP contribution in [0.2, 0.25) is 0 Å². The lowest BCUT2D eigenvalue weighted by Crippen LogP contribution is -2.53. The summed E-state index contributed by atoms with van der Waals surface area (Å²) in [6, 6.07) is 7.04. The minimum Gasteiger partial charge on any atom is -0.496 e. The van der Waals surface area contributed by atoms with E-state index in [1.165, 1.54) is 0 Å². The summed E-state index contributed by atoms with van der Waals surface area (Å²) in [5.41, 5.74) is 0.983. The third-order valence-electron chi connectivity index (χ3n) is 3.37. The Balaban J connectivity index is 1.80. The second-order valence-corrected chi connectivity index (χ2v) is 4.87. The molecule has 22 heavy (non-hydrogen) atoms. The van der Waals surface area contributed by atoms with E-state index in [0.29, 0.717) is 19.5 Å². The summed E-state index contributed by atoms with van der Waals surface area (Å²) in [7, 11) is 1.60. The van der Waals surface area contributed by atoms with Crippen molar-refractivity contribution in [1.82, 2.24) is 15.5 Å². The van der Waals surface area contributed by atoms with E-state index in [1.54, 1.807) is 7.11 Å². The van der Waals surface area contributed by atoms with Gasteiger partial charge in [0.25, 0.3) is 0 Å². The first-order chi connectivity index (χ1) is 10.6. The fraction of sp³-hybridized carbons (Fsp3) is 0.400. The number of nitrogens with one attached hydrogen (secondary N) is 2. The molecule has 0 saturated carbocycles. The average Bonchev–Trinajstić information content (AvgIpc) is 2.51. The number of hydrogen-bond donors (Lipinski definition) is 2. The highest BCUT2D eigenvalue weighted by molar-refractivity contribution is 6.00. The van der Waals surface area contributed by atoms with Crippen molar-refractivity contribution in [2.24, 2.45) is 0 Å². The van der Waals surface area contributed by atoms with Crippen LogP contribution in [0.4, 0.5) is 4.79 Å². The van der Waals surface area contributed by atoms with Crippen LogP contribution in [0.1, 0.15) is 12.0 Å². The maximum absolute atomic E-state index is 11.8. The smallest absolute Gasteiger partial charge is 0.324 e. The molecule has 2 rings (SSSR count). The summed E-state index contributed by atoms with van der Waals surface area (Å²) in [5.74, 6) is 0.0752. The van der Waals surface area contributed by atoms with Crippen LogP contribution in [-0.2, 0) is 16.0 Å². The highest BCUT2D eigenvalue weighted by atomic mass is 16.5. The number of amides is 4. The monoisotopic (exact) mass is 305 g/mol. The Hall–Kier alpha value is -2.57. The lowest BCUT2D eigenvalue weighted by atomic mass is 10.1. The summed E-state index contributed by atoms with van der Waals surface area (Å²) in [5, 5.41) is 5.24. The Morgan fingerprint density at radius 1 is 1.36 bits per heavy atom. The van der Waals surface area contributed by atoms with Gasteiger partial charge >= 0.3 is 6.03 Å². The van der Waals surface area contributed by atoms with Crippen LogP contribution in [0.3, 0.4) is 0 Å². The van der Waals surface area contributed by atoms with Crippen molar-refractivity contribution in [2.75, 3.05) is 26.7 Å². The average molecular weight is 305 g/mol. The molecule has 1 fully saturated rings. The molecule has 7 nitrogen and oxygen atoms in total. The van der Waals surface area contributed by atoms with E-state index in [1.807, 2.05) is 24.3 Å². The number of imide groups is 1. The molecule has 0 aromatic heterocycles. The zero-order valence-corrected chi connectivity index (χ0v) is 12.4. The topological polar surface area (TPSA) is 87.7 Å². The molecule has 0 radical (unpaired) electrons. The van der Waals surface area contributed by atoms with Crippen LogP contribution >= 0.6 is 0 Å². The van der Waals surface area contributed by atoms with E-state index in [9.17, 15) is 14.4 Å². The third-order valence-corrected chi connectivity index (χ3v) is 3.37. The molecule has 1 aromatic carbocycles. The van der Waals surface area contributed by atoms with Gasteiger partial charge in [-0.3, -0.25) is 14.5 Å². The van der Waals surface area contributed by atoms with E-state index >= 15 is 0 Å². The number of hydrogen-bond acceptors (Lipinski definition) is 4. The summed E-state index contributed by atoms with van der Waals surface area (Å²) < 4.78 is 5.23. The minimum absolute atomic E-state index is 0.222. The van der Waals surface area contributed by atoms with Crippen LogP contribution in [-0.4, -0.2) is 49.5 Å². The molecule has 2 N–H and O–H groups in total. The molecule has 1 saturated heterocycles. The van der Waals surface area contributed by atoms with E-state index in [-0.39, 0.29) is 24.8 Å². The Labute approximate surface area is 128 Å². The minimum atomic E-state index is -0.517. The van der Waals surface area contributed by atoms with Crippen molar-refractivity contribution in [3.63, 3.8) is 0 Å². The van der Waals surface area contributed by atoms with Gasteiger partial charge in [0.1, 0.15) is 12.3 Å². The molecule has 0 unspecified atom stereocenters. The molecule has 1 heterocycles. The Kier molecular flexibility index (Phi) is 5.35. The van der Waals surface area contributed by atoms with E-state index in [4.69, 9.17) is 4.74 Å². The molecule has 4 amide bonds. The van der Waals surface area contributed by atoms with Gasteiger partial charge in [-0.25, -0.2) is 4.79 Å². The molecule has 7 heteroatoms. The first-order valence-electron chi connectivity index (χ1n) is 7.08. The highest BCUT2D eigenvalue weighted by Crippen LogP contribution is 2.17. The standard InChI is InChI=1S/C15H19N3O4/c1-22-12-5-3-2-4-11(12)6-8-16-13(19)10-18-14(20)7-9-17-15(18)21/h2-5H,6-10H2,1H3,(H,16,19)(H,17,21). The van der Waals surface area contributed by atoms with Gasteiger partial charge in [-0.15, -0.1) is 0 Å². The number of urea groups is 1. The van der Waals surface area contributed by atoms with Gasteiger partial charge in [0.05, 0.1) is 7.11 Å². The Bertz CT molecular complexity index is 558. The van der Waals surface area contributed by atoms with Crippen LogP contribution in [0.15, 0.2) is 24.3 Å². The number of carbonyl (C=O) groups is 3. The predicted molar refractivity (Wildman–Crippen MR) is 79.4 cm³/mol. The van der Waals surface area contributed by atoms with E-state index in [2.05, 4.69) is 10.6 Å². The quantitative estimate of drug-likeness (QED) is 0.791. The molecule has 1 aromatic rings. The SMILES string of the molecule is COc1ccccc1CCNC(=O)CN1C(=O)CCNC1=O. The normalized spacial score (nSPS) is 14.5.